The van der Waals surface area contributed by atoms with Crippen LogP contribution in [0.2, 0.25) is 0 Å². The maximum atomic E-state index is 13.0. The third-order valence-electron chi connectivity index (χ3n) is 11.0. The fourth-order valence-electron chi connectivity index (χ4n) is 7.36. The molecule has 0 aliphatic rings. The van der Waals surface area contributed by atoms with Gasteiger partial charge in [-0.3, -0.25) is 0 Å². The zero-order valence-corrected chi connectivity index (χ0v) is 42.2. The molecule has 59 heavy (non-hydrogen) atoms. The van der Waals surface area contributed by atoms with E-state index in [-0.39, 0.29) is 70.2 Å². The first-order chi connectivity index (χ1) is 28.3. The van der Waals surface area contributed by atoms with E-state index in [9.17, 15) is 22.6 Å². The average molecular weight is 869 g/mol. The first-order valence-electron chi connectivity index (χ1n) is 24.1. The van der Waals surface area contributed by atoms with Gasteiger partial charge >= 0.3 is 63.3 Å². The van der Waals surface area contributed by atoms with Crippen molar-refractivity contribution in [3.63, 3.8) is 0 Å². The minimum Gasteiger partial charge on any atom is -0.744 e. The Morgan fingerprint density at radius 1 is 0.475 bits per heavy atom. The molecule has 0 heterocycles. The van der Waals surface area contributed by atoms with E-state index in [1.807, 2.05) is 0 Å². The van der Waals surface area contributed by atoms with Crippen molar-refractivity contribution in [3.8, 4) is 0 Å². The second-order valence-corrected chi connectivity index (χ2v) is 17.7. The molecule has 0 saturated carbocycles. The van der Waals surface area contributed by atoms with Crippen molar-refractivity contribution in [2.75, 3.05) is 13.2 Å². The molecule has 0 atom stereocenters. The summed E-state index contributed by atoms with van der Waals surface area (Å²) >= 11 is 0. The molecule has 0 N–H and O–H groups in total. The van der Waals surface area contributed by atoms with Crippen LogP contribution >= 0.6 is 0 Å². The molecule has 0 aliphatic carbocycles. The van der Waals surface area contributed by atoms with Crippen LogP contribution in [0.3, 0.4) is 0 Å². The van der Waals surface area contributed by atoms with E-state index >= 15 is 0 Å². The Hall–Kier alpha value is -0.814. The molecule has 0 aliphatic heterocycles. The van der Waals surface area contributed by atoms with Crippen LogP contribution in [0.15, 0.2) is 47.4 Å². The van der Waals surface area contributed by atoms with Crippen molar-refractivity contribution in [2.24, 2.45) is 0 Å². The monoisotopic (exact) mass is 869 g/mol. The summed E-state index contributed by atoms with van der Waals surface area (Å²) in [5, 5.41) is 0. The Balaban J connectivity index is 0.0000336. The standard InChI is InChI=1S/C50H86O7S.K/c1-3-5-7-9-11-13-15-17-19-21-23-25-27-29-31-33-35-37-39-44-56-49(51)46-42-41-43-47(58(53,54)55)48(46)50(52)57-45-40-38-36-34-32-30-28-26-24-22-20-18-16-14-12-10-8-6-4-2;/h13-16,41-43H,3-12,17-40,44-45H2,1-2H3,(H,53,54,55);/q;+1/p-1/b15-13+,16-14+;. The minimum atomic E-state index is -5.02. The predicted octanol–water partition coefficient (Wildman–Crippen LogP) is 12.3. The Morgan fingerprint density at radius 3 is 1.12 bits per heavy atom. The van der Waals surface area contributed by atoms with Crippen LogP contribution in [0.5, 0.6) is 0 Å². The van der Waals surface area contributed by atoms with Gasteiger partial charge in [0.25, 0.3) is 0 Å². The number of unbranched alkanes of at least 4 members (excludes halogenated alkanes) is 30. The van der Waals surface area contributed by atoms with Gasteiger partial charge in [-0.05, 0) is 76.3 Å². The van der Waals surface area contributed by atoms with Crippen LogP contribution in [0.25, 0.3) is 0 Å². The number of hydrogen-bond donors (Lipinski definition) is 0. The molecule has 0 aromatic heterocycles. The minimum absolute atomic E-state index is 0. The van der Waals surface area contributed by atoms with Gasteiger partial charge in [0.05, 0.1) is 29.2 Å². The largest absolute Gasteiger partial charge is 1.00 e. The van der Waals surface area contributed by atoms with E-state index in [1.165, 1.54) is 179 Å². The molecule has 1 rings (SSSR count). The second kappa shape index (κ2) is 42.5. The molecule has 0 bridgehead atoms. The van der Waals surface area contributed by atoms with E-state index in [2.05, 4.69) is 38.2 Å². The molecule has 0 fully saturated rings. The predicted molar refractivity (Wildman–Crippen MR) is 242 cm³/mol. The van der Waals surface area contributed by atoms with Gasteiger partial charge in [0, 0.05) is 0 Å². The molecule has 9 heteroatoms. The molecule has 1 aromatic carbocycles. The maximum Gasteiger partial charge on any atom is 1.00 e. The van der Waals surface area contributed by atoms with Gasteiger partial charge in [-0.25, -0.2) is 18.0 Å². The van der Waals surface area contributed by atoms with E-state index < -0.39 is 32.5 Å². The summed E-state index contributed by atoms with van der Waals surface area (Å²) in [6.07, 6.45) is 50.3. The third-order valence-corrected chi connectivity index (χ3v) is 11.9. The molecule has 0 unspecified atom stereocenters. The smallest absolute Gasteiger partial charge is 0.744 e. The summed E-state index contributed by atoms with van der Waals surface area (Å²) in [6.45, 7) is 4.75. The number of carbonyl (C=O) groups excluding carboxylic acids is 2. The SMILES string of the molecule is CCCCCC/C=C/CCCCCCCCCCCCCOC(=O)c1cccc(S(=O)(=O)[O-])c1C(=O)OCCCCCCCCCCCCC/C=C/CCCCCC.[K+]. The average Bonchev–Trinajstić information content (AvgIpc) is 3.21. The van der Waals surface area contributed by atoms with Crippen molar-refractivity contribution in [3.05, 3.63) is 53.6 Å². The second-order valence-electron chi connectivity index (χ2n) is 16.4. The summed E-state index contributed by atoms with van der Waals surface area (Å²) in [6, 6.07) is 3.64. The molecule has 0 amide bonds. The van der Waals surface area contributed by atoms with Crippen LogP contribution in [-0.4, -0.2) is 38.1 Å². The number of rotatable bonds is 41. The van der Waals surface area contributed by atoms with Crippen LogP contribution < -0.4 is 51.4 Å². The third kappa shape index (κ3) is 34.4. The summed E-state index contributed by atoms with van der Waals surface area (Å²) in [7, 11) is -5.02. The zero-order chi connectivity index (χ0) is 42.2. The van der Waals surface area contributed by atoms with Crippen molar-refractivity contribution in [1.29, 1.82) is 0 Å². The topological polar surface area (TPSA) is 110 Å². The number of esters is 2. The van der Waals surface area contributed by atoms with Crippen molar-refractivity contribution >= 4 is 22.1 Å². The number of benzene rings is 1. The van der Waals surface area contributed by atoms with Crippen molar-refractivity contribution in [2.45, 2.75) is 237 Å². The molecule has 334 valence electrons. The van der Waals surface area contributed by atoms with Gasteiger partial charge in [-0.1, -0.05) is 198 Å². The number of ether oxygens (including phenoxy) is 2. The Morgan fingerprint density at radius 2 is 0.780 bits per heavy atom. The van der Waals surface area contributed by atoms with Gasteiger partial charge < -0.3 is 14.0 Å². The molecule has 0 spiro atoms. The number of hydrogen-bond acceptors (Lipinski definition) is 7. The molecule has 0 radical (unpaired) electrons. The van der Waals surface area contributed by atoms with E-state index in [0.717, 1.165) is 44.6 Å². The van der Waals surface area contributed by atoms with Crippen molar-refractivity contribution < 1.29 is 83.4 Å². The molecular weight excluding hydrogens is 784 g/mol. The quantitative estimate of drug-likeness (QED) is 0.0212. The normalized spacial score (nSPS) is 11.7. The van der Waals surface area contributed by atoms with Gasteiger partial charge in [0.2, 0.25) is 0 Å². The van der Waals surface area contributed by atoms with Gasteiger partial charge in [0.15, 0.2) is 0 Å². The van der Waals surface area contributed by atoms with E-state index in [0.29, 0.717) is 12.8 Å². The number of allylic oxidation sites excluding steroid dienone is 4. The molecular formula is C50H85KO7S. The zero-order valence-electron chi connectivity index (χ0n) is 38.3. The van der Waals surface area contributed by atoms with E-state index in [1.54, 1.807) is 0 Å². The summed E-state index contributed by atoms with van der Waals surface area (Å²) in [4.78, 5) is 25.3. The Kier molecular flexibility index (Phi) is 41.9. The maximum absolute atomic E-state index is 13.0. The first kappa shape index (κ1) is 58.2. The number of carbonyl (C=O) groups is 2. The summed E-state index contributed by atoms with van der Waals surface area (Å²) in [5.41, 5.74) is -0.775. The Labute approximate surface area is 405 Å². The van der Waals surface area contributed by atoms with Crippen LogP contribution in [0.4, 0.5) is 0 Å². The molecule has 0 saturated heterocycles. The Bertz CT molecular complexity index is 1310. The fourth-order valence-corrected chi connectivity index (χ4v) is 8.05. The molecule has 1 aromatic rings. The fraction of sp³-hybridized carbons (Fsp3) is 0.760. The van der Waals surface area contributed by atoms with Crippen LogP contribution in [-0.2, 0) is 19.6 Å². The molecule has 7 nitrogen and oxygen atoms in total. The van der Waals surface area contributed by atoms with Crippen molar-refractivity contribution in [1.82, 2.24) is 0 Å². The summed E-state index contributed by atoms with van der Waals surface area (Å²) < 4.78 is 46.9. The van der Waals surface area contributed by atoms with Gasteiger partial charge in [-0.15, -0.1) is 0 Å². The summed E-state index contributed by atoms with van der Waals surface area (Å²) in [5.74, 6) is -1.81. The van der Waals surface area contributed by atoms with Gasteiger partial charge in [-0.2, -0.15) is 0 Å². The van der Waals surface area contributed by atoms with Crippen LogP contribution in [0, 0.1) is 0 Å². The van der Waals surface area contributed by atoms with E-state index in [4.69, 9.17) is 9.47 Å². The van der Waals surface area contributed by atoms with Gasteiger partial charge in [0.1, 0.15) is 10.1 Å². The first-order valence-corrected chi connectivity index (χ1v) is 25.5. The van der Waals surface area contributed by atoms with Crippen LogP contribution in [0.1, 0.15) is 253 Å².